The molecule has 0 radical (unpaired) electrons. The number of guanidine groups is 1. The average Bonchev–Trinajstić information content (AvgIpc) is 2.91. The van der Waals surface area contributed by atoms with Crippen LogP contribution in [0.4, 0.5) is 0 Å². The van der Waals surface area contributed by atoms with Crippen LogP contribution in [-0.2, 0) is 6.54 Å². The topological polar surface area (TPSA) is 65.1 Å². The first-order chi connectivity index (χ1) is 10.6. The second-order valence-electron chi connectivity index (χ2n) is 6.72. The molecule has 5 heteroatoms. The molecule has 0 spiro atoms. The molecule has 124 valence electrons. The van der Waals surface area contributed by atoms with Gasteiger partial charge in [-0.25, -0.2) is 4.99 Å². The number of aliphatic imine (C=N–C) groups is 1. The Balaban J connectivity index is 1.88. The molecule has 1 saturated carbocycles. The van der Waals surface area contributed by atoms with Crippen molar-refractivity contribution in [3.8, 4) is 0 Å². The minimum absolute atomic E-state index is 0.554. The second-order valence-corrected chi connectivity index (χ2v) is 6.72. The van der Waals surface area contributed by atoms with Crippen LogP contribution < -0.4 is 10.6 Å². The predicted octanol–water partition coefficient (Wildman–Crippen LogP) is 2.99. The van der Waals surface area contributed by atoms with Crippen molar-refractivity contribution in [3.05, 3.63) is 17.5 Å². The first kappa shape index (κ1) is 16.8. The number of hydrogen-bond acceptors (Lipinski definition) is 2. The number of rotatable bonds is 5. The van der Waals surface area contributed by atoms with Crippen molar-refractivity contribution in [1.29, 1.82) is 0 Å². The number of nitrogens with zero attached hydrogens (tertiary/aromatic N) is 2. The van der Waals surface area contributed by atoms with Crippen LogP contribution in [0.3, 0.4) is 0 Å². The smallest absolute Gasteiger partial charge is 0.191 e. The number of nitrogens with one attached hydrogen (secondary N) is 3. The van der Waals surface area contributed by atoms with E-state index in [0.29, 0.717) is 12.6 Å². The zero-order valence-corrected chi connectivity index (χ0v) is 14.4. The molecule has 5 nitrogen and oxygen atoms in total. The van der Waals surface area contributed by atoms with E-state index in [4.69, 9.17) is 4.99 Å². The summed E-state index contributed by atoms with van der Waals surface area (Å²) in [6.07, 6.45) is 7.01. The maximum atomic E-state index is 4.70. The molecule has 3 N–H and O–H groups in total. The van der Waals surface area contributed by atoms with Gasteiger partial charge in [0.25, 0.3) is 0 Å². The second kappa shape index (κ2) is 8.20. The summed E-state index contributed by atoms with van der Waals surface area (Å²) in [5.74, 6) is 2.63. The molecule has 1 aliphatic rings. The van der Waals surface area contributed by atoms with Gasteiger partial charge in [0, 0.05) is 23.8 Å². The van der Waals surface area contributed by atoms with Crippen molar-refractivity contribution < 1.29 is 0 Å². The first-order valence-corrected chi connectivity index (χ1v) is 8.63. The Morgan fingerprint density at radius 1 is 1.36 bits per heavy atom. The largest absolute Gasteiger partial charge is 0.357 e. The van der Waals surface area contributed by atoms with E-state index in [0.717, 1.165) is 35.6 Å². The maximum Gasteiger partial charge on any atom is 0.191 e. The minimum atomic E-state index is 0.554. The van der Waals surface area contributed by atoms with E-state index >= 15 is 0 Å². The Kier molecular flexibility index (Phi) is 6.28. The number of hydrogen-bond donors (Lipinski definition) is 3. The van der Waals surface area contributed by atoms with Crippen molar-refractivity contribution in [2.24, 2.45) is 16.8 Å². The van der Waals surface area contributed by atoms with E-state index in [2.05, 4.69) is 41.6 Å². The average molecular weight is 305 g/mol. The molecule has 1 aromatic heterocycles. The lowest BCUT2D eigenvalue weighted by Gasteiger charge is -2.32. The van der Waals surface area contributed by atoms with Crippen LogP contribution >= 0.6 is 0 Å². The van der Waals surface area contributed by atoms with Gasteiger partial charge in [0.1, 0.15) is 0 Å². The summed E-state index contributed by atoms with van der Waals surface area (Å²) in [6, 6.07) is 0.554. The Hall–Kier alpha value is -1.52. The van der Waals surface area contributed by atoms with Gasteiger partial charge >= 0.3 is 0 Å². The van der Waals surface area contributed by atoms with E-state index in [-0.39, 0.29) is 0 Å². The molecule has 0 bridgehead atoms. The lowest BCUT2D eigenvalue weighted by Crippen LogP contribution is -2.45. The lowest BCUT2D eigenvalue weighted by molar-refractivity contribution is 0.250. The SMILES string of the molecule is CCNC(=NCc1cn[nH]c1C)NC1CCC(C(C)C)CC1. The Bertz CT molecular complexity index is 469. The van der Waals surface area contributed by atoms with Gasteiger partial charge in [-0.05, 0) is 51.4 Å². The van der Waals surface area contributed by atoms with Crippen molar-refractivity contribution in [2.75, 3.05) is 6.54 Å². The van der Waals surface area contributed by atoms with Crippen LogP contribution in [0, 0.1) is 18.8 Å². The molecule has 22 heavy (non-hydrogen) atoms. The minimum Gasteiger partial charge on any atom is -0.357 e. The summed E-state index contributed by atoms with van der Waals surface area (Å²) >= 11 is 0. The van der Waals surface area contributed by atoms with Crippen LogP contribution in [0.2, 0.25) is 0 Å². The van der Waals surface area contributed by atoms with E-state index in [1.807, 2.05) is 13.1 Å². The normalized spacial score (nSPS) is 22.9. The van der Waals surface area contributed by atoms with Crippen LogP contribution in [0.1, 0.15) is 57.7 Å². The molecule has 1 aromatic rings. The van der Waals surface area contributed by atoms with Gasteiger partial charge in [0.2, 0.25) is 0 Å². The number of aromatic nitrogens is 2. The monoisotopic (exact) mass is 305 g/mol. The Morgan fingerprint density at radius 3 is 2.64 bits per heavy atom. The molecule has 0 aliphatic heterocycles. The molecule has 1 aliphatic carbocycles. The highest BCUT2D eigenvalue weighted by Gasteiger charge is 2.23. The third-order valence-corrected chi connectivity index (χ3v) is 4.74. The van der Waals surface area contributed by atoms with Gasteiger partial charge in [-0.1, -0.05) is 13.8 Å². The molecule has 1 fully saturated rings. The Labute approximate surface area is 134 Å². The summed E-state index contributed by atoms with van der Waals surface area (Å²) in [4.78, 5) is 4.70. The first-order valence-electron chi connectivity index (χ1n) is 8.63. The summed E-state index contributed by atoms with van der Waals surface area (Å²) in [7, 11) is 0. The molecule has 0 aromatic carbocycles. The number of aromatic amines is 1. The fraction of sp³-hybridized carbons (Fsp3) is 0.765. The summed E-state index contributed by atoms with van der Waals surface area (Å²) in [5.41, 5.74) is 2.25. The molecule has 0 unspecified atom stereocenters. The highest BCUT2D eigenvalue weighted by Crippen LogP contribution is 2.29. The number of aryl methyl sites for hydroxylation is 1. The molecular formula is C17H31N5. The van der Waals surface area contributed by atoms with Gasteiger partial charge in [-0.3, -0.25) is 5.10 Å². The van der Waals surface area contributed by atoms with Crippen molar-refractivity contribution >= 4 is 5.96 Å². The highest BCUT2D eigenvalue weighted by atomic mass is 15.2. The van der Waals surface area contributed by atoms with E-state index < -0.39 is 0 Å². The standard InChI is InChI=1S/C17H31N5/c1-5-18-17(19-10-15-11-20-22-13(15)4)21-16-8-6-14(7-9-16)12(2)3/h11-12,14,16H,5-10H2,1-4H3,(H,20,22)(H2,18,19,21). The summed E-state index contributed by atoms with van der Waals surface area (Å²) in [6.45, 7) is 10.4. The third-order valence-electron chi connectivity index (χ3n) is 4.74. The molecule has 0 saturated heterocycles. The van der Waals surface area contributed by atoms with Gasteiger partial charge < -0.3 is 10.6 Å². The van der Waals surface area contributed by atoms with Gasteiger partial charge in [0.15, 0.2) is 5.96 Å². The maximum absolute atomic E-state index is 4.70. The molecule has 0 atom stereocenters. The fourth-order valence-corrected chi connectivity index (χ4v) is 3.14. The molecule has 2 rings (SSSR count). The van der Waals surface area contributed by atoms with Crippen molar-refractivity contribution in [1.82, 2.24) is 20.8 Å². The predicted molar refractivity (Wildman–Crippen MR) is 91.9 cm³/mol. The van der Waals surface area contributed by atoms with Crippen LogP contribution in [0.5, 0.6) is 0 Å². The van der Waals surface area contributed by atoms with E-state index in [1.165, 1.54) is 25.7 Å². The van der Waals surface area contributed by atoms with Crippen LogP contribution in [0.15, 0.2) is 11.2 Å². The van der Waals surface area contributed by atoms with Crippen molar-refractivity contribution in [3.63, 3.8) is 0 Å². The van der Waals surface area contributed by atoms with Crippen LogP contribution in [-0.4, -0.2) is 28.7 Å². The van der Waals surface area contributed by atoms with E-state index in [1.54, 1.807) is 0 Å². The summed E-state index contributed by atoms with van der Waals surface area (Å²) in [5, 5.41) is 14.0. The molecule has 0 amide bonds. The molecular weight excluding hydrogens is 274 g/mol. The molecule has 1 heterocycles. The van der Waals surface area contributed by atoms with Gasteiger partial charge in [-0.15, -0.1) is 0 Å². The Morgan fingerprint density at radius 2 is 2.09 bits per heavy atom. The van der Waals surface area contributed by atoms with Crippen molar-refractivity contribution in [2.45, 2.75) is 66.0 Å². The van der Waals surface area contributed by atoms with E-state index in [9.17, 15) is 0 Å². The third kappa shape index (κ3) is 4.75. The quantitative estimate of drug-likeness (QED) is 0.579. The zero-order valence-electron chi connectivity index (χ0n) is 14.4. The summed E-state index contributed by atoms with van der Waals surface area (Å²) < 4.78 is 0. The zero-order chi connectivity index (χ0) is 15.9. The van der Waals surface area contributed by atoms with Crippen LogP contribution in [0.25, 0.3) is 0 Å². The highest BCUT2D eigenvalue weighted by molar-refractivity contribution is 5.80. The lowest BCUT2D eigenvalue weighted by atomic mass is 9.80. The van der Waals surface area contributed by atoms with Gasteiger partial charge in [0.05, 0.1) is 12.7 Å². The fourth-order valence-electron chi connectivity index (χ4n) is 3.14. The van der Waals surface area contributed by atoms with Gasteiger partial charge in [-0.2, -0.15) is 5.10 Å². The number of H-pyrrole nitrogens is 1.